The van der Waals surface area contributed by atoms with Gasteiger partial charge in [-0.1, -0.05) is 19.8 Å². The third-order valence-corrected chi connectivity index (χ3v) is 5.95. The minimum atomic E-state index is -0.608. The number of carbonyl (C=O) groups is 1. The maximum atomic E-state index is 12.2. The molecule has 1 aliphatic heterocycles. The standard InChI is InChI=1S/C16H26O3/c1-3-16(13(17)18-4-2)15(19-16)11-9-14(10-12-15)7-5-6-8-14/h3-12H2,1-2H3. The summed E-state index contributed by atoms with van der Waals surface area (Å²) in [5.74, 6) is -0.125. The third-order valence-electron chi connectivity index (χ3n) is 5.95. The first-order valence-corrected chi connectivity index (χ1v) is 7.99. The van der Waals surface area contributed by atoms with E-state index in [2.05, 4.69) is 0 Å². The van der Waals surface area contributed by atoms with Crippen molar-refractivity contribution in [1.82, 2.24) is 0 Å². The fraction of sp³-hybridized carbons (Fsp3) is 0.938. The minimum Gasteiger partial charge on any atom is -0.464 e. The van der Waals surface area contributed by atoms with Gasteiger partial charge in [-0.2, -0.15) is 0 Å². The molecule has 1 atom stereocenters. The molecule has 0 aromatic rings. The number of carbonyl (C=O) groups excluding carboxylic acids is 1. The molecule has 3 aliphatic rings. The molecule has 0 amide bonds. The fourth-order valence-corrected chi connectivity index (χ4v) is 4.64. The maximum Gasteiger partial charge on any atom is 0.341 e. The van der Waals surface area contributed by atoms with Gasteiger partial charge < -0.3 is 9.47 Å². The molecule has 1 saturated heterocycles. The smallest absolute Gasteiger partial charge is 0.341 e. The molecule has 19 heavy (non-hydrogen) atoms. The Balaban J connectivity index is 1.69. The number of epoxide rings is 1. The monoisotopic (exact) mass is 266 g/mol. The van der Waals surface area contributed by atoms with Crippen LogP contribution in [0.1, 0.15) is 71.6 Å². The molecular weight excluding hydrogens is 240 g/mol. The van der Waals surface area contributed by atoms with Crippen LogP contribution in [-0.2, 0) is 14.3 Å². The average molecular weight is 266 g/mol. The van der Waals surface area contributed by atoms with Crippen LogP contribution in [0.2, 0.25) is 0 Å². The van der Waals surface area contributed by atoms with Crippen LogP contribution in [0.4, 0.5) is 0 Å². The van der Waals surface area contributed by atoms with Gasteiger partial charge >= 0.3 is 5.97 Å². The molecule has 3 rings (SSSR count). The van der Waals surface area contributed by atoms with Crippen molar-refractivity contribution in [2.45, 2.75) is 82.8 Å². The molecule has 1 heterocycles. The van der Waals surface area contributed by atoms with E-state index in [1.54, 1.807) is 0 Å². The lowest BCUT2D eigenvalue weighted by Crippen LogP contribution is -2.39. The molecular formula is C16H26O3. The highest BCUT2D eigenvalue weighted by molar-refractivity contribution is 5.85. The molecule has 0 N–H and O–H groups in total. The second-order valence-corrected chi connectivity index (χ2v) is 6.70. The van der Waals surface area contributed by atoms with Gasteiger partial charge in [0.1, 0.15) is 5.60 Å². The van der Waals surface area contributed by atoms with Crippen molar-refractivity contribution in [2.75, 3.05) is 6.61 Å². The van der Waals surface area contributed by atoms with Crippen LogP contribution >= 0.6 is 0 Å². The largest absolute Gasteiger partial charge is 0.464 e. The zero-order valence-electron chi connectivity index (χ0n) is 12.3. The maximum absolute atomic E-state index is 12.2. The molecule has 1 unspecified atom stereocenters. The third kappa shape index (κ3) is 1.84. The van der Waals surface area contributed by atoms with Gasteiger partial charge in [-0.05, 0) is 57.3 Å². The molecule has 2 saturated carbocycles. The van der Waals surface area contributed by atoms with Crippen molar-refractivity contribution in [3.63, 3.8) is 0 Å². The van der Waals surface area contributed by atoms with Crippen LogP contribution < -0.4 is 0 Å². The lowest BCUT2D eigenvalue weighted by Gasteiger charge is -2.37. The van der Waals surface area contributed by atoms with Crippen LogP contribution in [0, 0.1) is 5.41 Å². The molecule has 0 radical (unpaired) electrons. The first kappa shape index (κ1) is 13.4. The van der Waals surface area contributed by atoms with Gasteiger partial charge in [-0.15, -0.1) is 0 Å². The fourth-order valence-electron chi connectivity index (χ4n) is 4.64. The van der Waals surface area contributed by atoms with Crippen molar-refractivity contribution in [1.29, 1.82) is 0 Å². The van der Waals surface area contributed by atoms with E-state index in [1.807, 2.05) is 13.8 Å². The van der Waals surface area contributed by atoms with E-state index in [1.165, 1.54) is 38.5 Å². The van der Waals surface area contributed by atoms with Crippen LogP contribution in [0.25, 0.3) is 0 Å². The Kier molecular flexibility index (Phi) is 3.16. The van der Waals surface area contributed by atoms with Crippen molar-refractivity contribution in [3.05, 3.63) is 0 Å². The normalized spacial score (nSPS) is 34.6. The van der Waals surface area contributed by atoms with E-state index in [0.29, 0.717) is 12.0 Å². The first-order valence-electron chi connectivity index (χ1n) is 7.99. The molecule has 3 nitrogen and oxygen atoms in total. The Labute approximate surface area is 116 Å². The summed E-state index contributed by atoms with van der Waals surface area (Å²) in [5, 5.41) is 0. The van der Waals surface area contributed by atoms with E-state index < -0.39 is 5.60 Å². The van der Waals surface area contributed by atoms with Crippen molar-refractivity contribution < 1.29 is 14.3 Å². The number of esters is 1. The Bertz CT molecular complexity index is 360. The van der Waals surface area contributed by atoms with Gasteiger partial charge in [0.2, 0.25) is 0 Å². The lowest BCUT2D eigenvalue weighted by atomic mass is 9.66. The van der Waals surface area contributed by atoms with Gasteiger partial charge in [0, 0.05) is 0 Å². The van der Waals surface area contributed by atoms with E-state index in [9.17, 15) is 4.79 Å². The molecule has 2 spiro atoms. The minimum absolute atomic E-state index is 0.125. The summed E-state index contributed by atoms with van der Waals surface area (Å²) in [4.78, 5) is 12.2. The van der Waals surface area contributed by atoms with Gasteiger partial charge in [-0.25, -0.2) is 4.79 Å². The molecule has 0 aromatic carbocycles. The van der Waals surface area contributed by atoms with Crippen LogP contribution in [0.15, 0.2) is 0 Å². The first-order chi connectivity index (χ1) is 9.12. The van der Waals surface area contributed by atoms with Crippen LogP contribution in [0.5, 0.6) is 0 Å². The Morgan fingerprint density at radius 1 is 1.05 bits per heavy atom. The summed E-state index contributed by atoms with van der Waals surface area (Å²) < 4.78 is 11.3. The average Bonchev–Trinajstić information content (AvgIpc) is 2.84. The zero-order valence-corrected chi connectivity index (χ0v) is 12.3. The molecule has 0 bridgehead atoms. The molecule has 3 fully saturated rings. The summed E-state index contributed by atoms with van der Waals surface area (Å²) in [6.07, 6.45) is 10.9. The van der Waals surface area contributed by atoms with Gasteiger partial charge in [0.15, 0.2) is 5.60 Å². The van der Waals surface area contributed by atoms with Crippen molar-refractivity contribution in [3.8, 4) is 0 Å². The highest BCUT2D eigenvalue weighted by Crippen LogP contribution is 2.63. The zero-order chi connectivity index (χ0) is 13.6. The van der Waals surface area contributed by atoms with Crippen molar-refractivity contribution >= 4 is 5.97 Å². The lowest BCUT2D eigenvalue weighted by molar-refractivity contribution is -0.149. The Morgan fingerprint density at radius 3 is 2.21 bits per heavy atom. The number of hydrogen-bond acceptors (Lipinski definition) is 3. The summed E-state index contributed by atoms with van der Waals surface area (Å²) in [7, 11) is 0. The Morgan fingerprint density at radius 2 is 1.68 bits per heavy atom. The van der Waals surface area contributed by atoms with Crippen molar-refractivity contribution in [2.24, 2.45) is 5.41 Å². The number of hydrogen-bond donors (Lipinski definition) is 0. The predicted octanol–water partition coefficient (Wildman–Crippen LogP) is 3.60. The van der Waals surface area contributed by atoms with E-state index in [0.717, 1.165) is 19.3 Å². The summed E-state index contributed by atoms with van der Waals surface area (Å²) in [5.41, 5.74) is -0.198. The second-order valence-electron chi connectivity index (χ2n) is 6.70. The second kappa shape index (κ2) is 4.47. The number of ether oxygens (including phenoxy) is 2. The SMILES string of the molecule is CCOC(=O)C1(CC)OC12CCC1(CCCC1)CC2. The van der Waals surface area contributed by atoms with E-state index in [4.69, 9.17) is 9.47 Å². The summed E-state index contributed by atoms with van der Waals surface area (Å²) in [6, 6.07) is 0. The van der Waals surface area contributed by atoms with Crippen LogP contribution in [-0.4, -0.2) is 23.8 Å². The van der Waals surface area contributed by atoms with Gasteiger partial charge in [-0.3, -0.25) is 0 Å². The van der Waals surface area contributed by atoms with Gasteiger partial charge in [0.05, 0.1) is 6.61 Å². The van der Waals surface area contributed by atoms with E-state index >= 15 is 0 Å². The quantitative estimate of drug-likeness (QED) is 0.578. The summed E-state index contributed by atoms with van der Waals surface area (Å²) in [6.45, 7) is 4.36. The predicted molar refractivity (Wildman–Crippen MR) is 72.8 cm³/mol. The topological polar surface area (TPSA) is 38.8 Å². The molecule has 3 heteroatoms. The summed E-state index contributed by atoms with van der Waals surface area (Å²) >= 11 is 0. The Hall–Kier alpha value is -0.570. The van der Waals surface area contributed by atoms with Gasteiger partial charge in [0.25, 0.3) is 0 Å². The number of rotatable bonds is 3. The molecule has 2 aliphatic carbocycles. The molecule has 0 aromatic heterocycles. The van der Waals surface area contributed by atoms with Crippen LogP contribution in [0.3, 0.4) is 0 Å². The molecule has 108 valence electrons. The highest BCUT2D eigenvalue weighted by Gasteiger charge is 2.74. The highest BCUT2D eigenvalue weighted by atomic mass is 16.7. The van der Waals surface area contributed by atoms with E-state index in [-0.39, 0.29) is 11.6 Å².